The maximum absolute atomic E-state index is 12.0. The second kappa shape index (κ2) is 5.48. The number of rotatable bonds is 5. The highest BCUT2D eigenvalue weighted by molar-refractivity contribution is 7.91. The van der Waals surface area contributed by atoms with Crippen molar-refractivity contribution in [2.45, 2.75) is 24.2 Å². The first-order valence-corrected chi connectivity index (χ1v) is 7.73. The predicted molar refractivity (Wildman–Crippen MR) is 68.8 cm³/mol. The smallest absolute Gasteiger partial charge is 0.250 e. The summed E-state index contributed by atoms with van der Waals surface area (Å²) in [7, 11) is -3.61. The van der Waals surface area contributed by atoms with Gasteiger partial charge in [-0.1, -0.05) is 0 Å². The first kappa shape index (κ1) is 13.7. The first-order chi connectivity index (χ1) is 9.06. The normalized spacial score (nSPS) is 11.4. The van der Waals surface area contributed by atoms with Crippen molar-refractivity contribution in [2.24, 2.45) is 0 Å². The van der Waals surface area contributed by atoms with Crippen LogP contribution in [0.25, 0.3) is 0 Å². The molecular formula is C10H11N5O2S2. The molecule has 100 valence electrons. The molecule has 2 aromatic rings. The number of sulfonamides is 1. The molecule has 0 aliphatic heterocycles. The van der Waals surface area contributed by atoms with E-state index >= 15 is 0 Å². The Bertz CT molecular complexity index is 710. The average Bonchev–Trinajstić information content (AvgIpc) is 3.05. The molecule has 9 heteroatoms. The van der Waals surface area contributed by atoms with Gasteiger partial charge in [-0.15, -0.1) is 21.5 Å². The molecule has 0 aromatic carbocycles. The van der Waals surface area contributed by atoms with Gasteiger partial charge in [-0.05, 0) is 19.1 Å². The summed E-state index contributed by atoms with van der Waals surface area (Å²) >= 11 is 0.933. The van der Waals surface area contributed by atoms with Gasteiger partial charge in [-0.3, -0.25) is 0 Å². The monoisotopic (exact) mass is 297 g/mol. The number of aromatic nitrogens is 3. The van der Waals surface area contributed by atoms with Crippen LogP contribution in [-0.2, 0) is 23.1 Å². The van der Waals surface area contributed by atoms with Crippen molar-refractivity contribution >= 4 is 21.4 Å². The van der Waals surface area contributed by atoms with Crippen molar-refractivity contribution in [3.05, 3.63) is 29.2 Å². The third kappa shape index (κ3) is 2.98. The SMILES string of the molecule is CCn1cnnc1CNS(=O)(=O)c1ccc(C#N)s1. The molecule has 1 N–H and O–H groups in total. The second-order valence-corrected chi connectivity index (χ2v) is 6.67. The third-order valence-electron chi connectivity index (χ3n) is 2.41. The lowest BCUT2D eigenvalue weighted by Crippen LogP contribution is -2.24. The summed E-state index contributed by atoms with van der Waals surface area (Å²) in [6.45, 7) is 2.65. The van der Waals surface area contributed by atoms with Gasteiger partial charge < -0.3 is 4.57 Å². The van der Waals surface area contributed by atoms with E-state index in [1.807, 2.05) is 13.0 Å². The Morgan fingerprint density at radius 2 is 2.32 bits per heavy atom. The molecule has 7 nitrogen and oxygen atoms in total. The minimum atomic E-state index is -3.61. The van der Waals surface area contributed by atoms with Gasteiger partial charge in [0.15, 0.2) is 0 Å². The molecule has 0 fully saturated rings. The molecule has 2 heterocycles. The van der Waals surface area contributed by atoms with Crippen LogP contribution in [0.5, 0.6) is 0 Å². The van der Waals surface area contributed by atoms with Gasteiger partial charge in [0, 0.05) is 6.54 Å². The minimum absolute atomic E-state index is 0.0654. The molecule has 0 aliphatic rings. The lowest BCUT2D eigenvalue weighted by atomic mass is 10.5. The third-order valence-corrected chi connectivity index (χ3v) is 5.30. The highest BCUT2D eigenvalue weighted by Gasteiger charge is 2.17. The van der Waals surface area contributed by atoms with E-state index in [4.69, 9.17) is 5.26 Å². The molecule has 0 radical (unpaired) electrons. The van der Waals surface area contributed by atoms with Crippen molar-refractivity contribution in [2.75, 3.05) is 0 Å². The topological polar surface area (TPSA) is 101 Å². The molecule has 0 aliphatic carbocycles. The van der Waals surface area contributed by atoms with E-state index in [9.17, 15) is 8.42 Å². The number of thiophene rings is 1. The van der Waals surface area contributed by atoms with Gasteiger partial charge in [0.05, 0.1) is 6.54 Å². The van der Waals surface area contributed by atoms with Crippen LogP contribution in [0, 0.1) is 11.3 Å². The maximum atomic E-state index is 12.0. The van der Waals surface area contributed by atoms with Crippen molar-refractivity contribution in [3.8, 4) is 6.07 Å². The Morgan fingerprint density at radius 1 is 1.53 bits per heavy atom. The summed E-state index contributed by atoms with van der Waals surface area (Å²) in [6, 6.07) is 4.80. The molecular weight excluding hydrogens is 286 g/mol. The van der Waals surface area contributed by atoms with E-state index in [-0.39, 0.29) is 10.8 Å². The molecule has 2 aromatic heterocycles. The number of aryl methyl sites for hydroxylation is 1. The Morgan fingerprint density at radius 3 is 2.95 bits per heavy atom. The summed E-state index contributed by atoms with van der Waals surface area (Å²) in [4.78, 5) is 0.358. The lowest BCUT2D eigenvalue weighted by Gasteiger charge is -2.05. The van der Waals surface area contributed by atoms with Gasteiger partial charge in [0.25, 0.3) is 10.0 Å². The molecule has 0 unspecified atom stereocenters. The van der Waals surface area contributed by atoms with E-state index in [1.54, 1.807) is 10.9 Å². The largest absolute Gasteiger partial charge is 0.317 e. The fourth-order valence-corrected chi connectivity index (χ4v) is 3.56. The van der Waals surface area contributed by atoms with E-state index in [1.165, 1.54) is 12.1 Å². The number of nitriles is 1. The van der Waals surface area contributed by atoms with Crippen LogP contribution in [0.1, 0.15) is 17.6 Å². The lowest BCUT2D eigenvalue weighted by molar-refractivity contribution is 0.577. The van der Waals surface area contributed by atoms with Crippen molar-refractivity contribution in [1.82, 2.24) is 19.5 Å². The quantitative estimate of drug-likeness (QED) is 0.876. The van der Waals surface area contributed by atoms with Crippen LogP contribution in [0.4, 0.5) is 0 Å². The zero-order chi connectivity index (χ0) is 13.9. The maximum Gasteiger partial charge on any atom is 0.250 e. The Hall–Kier alpha value is -1.76. The Labute approximate surface area is 114 Å². The summed E-state index contributed by atoms with van der Waals surface area (Å²) in [5, 5.41) is 16.3. The second-order valence-electron chi connectivity index (χ2n) is 3.59. The number of hydrogen-bond donors (Lipinski definition) is 1. The van der Waals surface area contributed by atoms with E-state index in [2.05, 4.69) is 14.9 Å². The van der Waals surface area contributed by atoms with Crippen LogP contribution in [0.2, 0.25) is 0 Å². The zero-order valence-electron chi connectivity index (χ0n) is 10.1. The number of hydrogen-bond acceptors (Lipinski definition) is 6. The van der Waals surface area contributed by atoms with Crippen LogP contribution in [-0.4, -0.2) is 23.2 Å². The average molecular weight is 297 g/mol. The molecule has 19 heavy (non-hydrogen) atoms. The standard InChI is InChI=1S/C10H11N5O2S2/c1-2-15-7-12-14-9(15)6-13-19(16,17)10-4-3-8(5-11)18-10/h3-4,7,13H,2,6H2,1H3. The van der Waals surface area contributed by atoms with Gasteiger partial charge in [-0.25, -0.2) is 13.1 Å². The van der Waals surface area contributed by atoms with E-state index in [0.29, 0.717) is 17.2 Å². The van der Waals surface area contributed by atoms with Crippen molar-refractivity contribution in [1.29, 1.82) is 5.26 Å². The number of nitrogens with one attached hydrogen (secondary N) is 1. The fourth-order valence-electron chi connectivity index (χ4n) is 1.44. The summed E-state index contributed by atoms with van der Waals surface area (Å²) in [5.41, 5.74) is 0. The predicted octanol–water partition coefficient (Wildman–Crippen LogP) is 0.710. The highest BCUT2D eigenvalue weighted by atomic mass is 32.2. The van der Waals surface area contributed by atoms with E-state index < -0.39 is 10.0 Å². The van der Waals surface area contributed by atoms with Gasteiger partial charge in [-0.2, -0.15) is 5.26 Å². The molecule has 0 amide bonds. The van der Waals surface area contributed by atoms with E-state index in [0.717, 1.165) is 11.3 Å². The summed E-state index contributed by atoms with van der Waals surface area (Å²) < 4.78 is 28.3. The highest BCUT2D eigenvalue weighted by Crippen LogP contribution is 2.20. The van der Waals surface area contributed by atoms with Crippen LogP contribution < -0.4 is 4.72 Å². The summed E-state index contributed by atoms with van der Waals surface area (Å²) in [5.74, 6) is 0.545. The Balaban J connectivity index is 2.12. The molecule has 0 saturated heterocycles. The molecule has 0 atom stereocenters. The van der Waals surface area contributed by atoms with Crippen molar-refractivity contribution < 1.29 is 8.42 Å². The van der Waals surface area contributed by atoms with Crippen LogP contribution >= 0.6 is 11.3 Å². The molecule has 0 bridgehead atoms. The van der Waals surface area contributed by atoms with Crippen molar-refractivity contribution in [3.63, 3.8) is 0 Å². The molecule has 2 rings (SSSR count). The van der Waals surface area contributed by atoms with Gasteiger partial charge >= 0.3 is 0 Å². The number of nitrogens with zero attached hydrogens (tertiary/aromatic N) is 4. The minimum Gasteiger partial charge on any atom is -0.317 e. The van der Waals surface area contributed by atoms with Crippen LogP contribution in [0.15, 0.2) is 22.7 Å². The molecule has 0 saturated carbocycles. The van der Waals surface area contributed by atoms with Gasteiger partial charge in [0.1, 0.15) is 27.3 Å². The van der Waals surface area contributed by atoms with Crippen LogP contribution in [0.3, 0.4) is 0 Å². The Kier molecular flexibility index (Phi) is 3.94. The zero-order valence-corrected chi connectivity index (χ0v) is 11.7. The first-order valence-electron chi connectivity index (χ1n) is 5.43. The summed E-state index contributed by atoms with van der Waals surface area (Å²) in [6.07, 6.45) is 1.54. The fraction of sp³-hybridized carbons (Fsp3) is 0.300. The van der Waals surface area contributed by atoms with Gasteiger partial charge in [0.2, 0.25) is 0 Å². The molecule has 0 spiro atoms.